The van der Waals surface area contributed by atoms with Crippen LogP contribution in [0.3, 0.4) is 0 Å². The third-order valence-corrected chi connectivity index (χ3v) is 3.21. The van der Waals surface area contributed by atoms with Crippen LogP contribution in [0.15, 0.2) is 18.6 Å². The molecule has 0 saturated carbocycles. The van der Waals surface area contributed by atoms with Gasteiger partial charge in [-0.1, -0.05) is 0 Å². The first-order valence-corrected chi connectivity index (χ1v) is 5.65. The minimum Gasteiger partial charge on any atom is -0.379 e. The molecular weight excluding hydrogens is 210 g/mol. The summed E-state index contributed by atoms with van der Waals surface area (Å²) in [6.45, 7) is 4.76. The minimum absolute atomic E-state index is 0.661. The van der Waals surface area contributed by atoms with Crippen molar-refractivity contribution in [1.82, 2.24) is 14.5 Å². The molecule has 0 saturated heterocycles. The van der Waals surface area contributed by atoms with Crippen LogP contribution in [0.5, 0.6) is 0 Å². The van der Waals surface area contributed by atoms with Gasteiger partial charge in [0.25, 0.3) is 0 Å². The van der Waals surface area contributed by atoms with Gasteiger partial charge in [-0.2, -0.15) is 0 Å². The zero-order chi connectivity index (χ0) is 10.8. The average molecular weight is 223 g/mol. The number of aliphatic hydroxyl groups is 1. The minimum atomic E-state index is -0.661. The maximum Gasteiger partial charge on any atom is 0.147 e. The first kappa shape index (κ1) is 10.3. The summed E-state index contributed by atoms with van der Waals surface area (Å²) in [6.07, 6.45) is 4.62. The second-order valence-corrected chi connectivity index (χ2v) is 4.52. The summed E-state index contributed by atoms with van der Waals surface area (Å²) < 4.78 is 1.93. The van der Waals surface area contributed by atoms with Crippen molar-refractivity contribution < 1.29 is 5.11 Å². The first-order valence-electron chi connectivity index (χ1n) is 4.83. The standard InChI is InChI=1S/C10H13N3OS/c1-3-13-5-4-11-10(13)9(14)8-6-12-7(2)15-8/h4-6,9,14H,3H2,1-2H3. The summed E-state index contributed by atoms with van der Waals surface area (Å²) in [5, 5.41) is 11.1. The molecule has 0 aromatic carbocycles. The van der Waals surface area contributed by atoms with Crippen molar-refractivity contribution in [3.63, 3.8) is 0 Å². The highest BCUT2D eigenvalue weighted by atomic mass is 32.1. The van der Waals surface area contributed by atoms with Gasteiger partial charge in [-0.3, -0.25) is 0 Å². The van der Waals surface area contributed by atoms with Crippen LogP contribution in [0.1, 0.15) is 28.7 Å². The number of rotatable bonds is 3. The van der Waals surface area contributed by atoms with E-state index in [0.29, 0.717) is 5.82 Å². The Morgan fingerprint density at radius 1 is 1.53 bits per heavy atom. The fourth-order valence-electron chi connectivity index (χ4n) is 1.47. The van der Waals surface area contributed by atoms with Gasteiger partial charge in [0.15, 0.2) is 0 Å². The average Bonchev–Trinajstić information content (AvgIpc) is 2.84. The number of hydrogen-bond acceptors (Lipinski definition) is 4. The predicted octanol–water partition coefficient (Wildman–Crippen LogP) is 1.75. The molecule has 0 amide bonds. The van der Waals surface area contributed by atoms with Gasteiger partial charge in [0.2, 0.25) is 0 Å². The monoisotopic (exact) mass is 223 g/mol. The molecule has 0 aliphatic heterocycles. The van der Waals surface area contributed by atoms with E-state index in [0.717, 1.165) is 16.4 Å². The van der Waals surface area contributed by atoms with Crippen LogP contribution in [-0.4, -0.2) is 19.6 Å². The second kappa shape index (κ2) is 4.12. The van der Waals surface area contributed by atoms with Crippen molar-refractivity contribution in [3.05, 3.63) is 34.3 Å². The number of aryl methyl sites for hydroxylation is 2. The number of thiazole rings is 1. The smallest absolute Gasteiger partial charge is 0.147 e. The van der Waals surface area contributed by atoms with Gasteiger partial charge in [0.05, 0.1) is 9.88 Å². The molecule has 5 heteroatoms. The van der Waals surface area contributed by atoms with Gasteiger partial charge < -0.3 is 9.67 Å². The number of nitrogens with zero attached hydrogens (tertiary/aromatic N) is 3. The van der Waals surface area contributed by atoms with E-state index in [4.69, 9.17) is 0 Å². The zero-order valence-electron chi connectivity index (χ0n) is 8.71. The topological polar surface area (TPSA) is 50.9 Å². The molecule has 2 rings (SSSR count). The lowest BCUT2D eigenvalue weighted by Crippen LogP contribution is -2.07. The van der Waals surface area contributed by atoms with Crippen LogP contribution < -0.4 is 0 Å². The number of imidazole rings is 1. The van der Waals surface area contributed by atoms with Gasteiger partial charge in [-0.05, 0) is 13.8 Å². The molecule has 0 radical (unpaired) electrons. The molecule has 15 heavy (non-hydrogen) atoms. The Morgan fingerprint density at radius 3 is 2.93 bits per heavy atom. The summed E-state index contributed by atoms with van der Waals surface area (Å²) in [4.78, 5) is 9.13. The summed E-state index contributed by atoms with van der Waals surface area (Å²) in [6, 6.07) is 0. The second-order valence-electron chi connectivity index (χ2n) is 3.26. The van der Waals surface area contributed by atoms with Gasteiger partial charge in [-0.15, -0.1) is 11.3 Å². The molecule has 0 aliphatic rings. The van der Waals surface area contributed by atoms with Crippen LogP contribution >= 0.6 is 11.3 Å². The molecule has 4 nitrogen and oxygen atoms in total. The molecule has 1 N–H and O–H groups in total. The largest absolute Gasteiger partial charge is 0.379 e. The Balaban J connectivity index is 2.31. The number of aromatic nitrogens is 3. The molecule has 1 atom stereocenters. The Kier molecular flexibility index (Phi) is 2.83. The van der Waals surface area contributed by atoms with E-state index in [1.165, 1.54) is 11.3 Å². The summed E-state index contributed by atoms with van der Waals surface area (Å²) in [5.74, 6) is 0.682. The SMILES string of the molecule is CCn1ccnc1C(O)c1cnc(C)s1. The molecule has 2 heterocycles. The molecule has 2 aromatic heterocycles. The van der Waals surface area contributed by atoms with Crippen LogP contribution in [0.25, 0.3) is 0 Å². The normalized spacial score (nSPS) is 13.0. The van der Waals surface area contributed by atoms with Crippen LogP contribution in [0, 0.1) is 6.92 Å². The lowest BCUT2D eigenvalue weighted by atomic mass is 10.3. The van der Waals surface area contributed by atoms with Crippen LogP contribution in [-0.2, 0) is 6.54 Å². The van der Waals surface area contributed by atoms with E-state index in [1.807, 2.05) is 24.6 Å². The fourth-order valence-corrected chi connectivity index (χ4v) is 2.24. The highest BCUT2D eigenvalue weighted by Crippen LogP contribution is 2.25. The first-order chi connectivity index (χ1) is 7.22. The van der Waals surface area contributed by atoms with Gasteiger partial charge in [0, 0.05) is 25.1 Å². The van der Waals surface area contributed by atoms with E-state index >= 15 is 0 Å². The quantitative estimate of drug-likeness (QED) is 0.862. The maximum atomic E-state index is 10.1. The number of hydrogen-bond donors (Lipinski definition) is 1. The molecule has 1 unspecified atom stereocenters. The van der Waals surface area contributed by atoms with Crippen molar-refractivity contribution in [2.24, 2.45) is 0 Å². The molecule has 0 spiro atoms. The van der Waals surface area contributed by atoms with Gasteiger partial charge in [-0.25, -0.2) is 9.97 Å². The lowest BCUT2D eigenvalue weighted by molar-refractivity contribution is 0.208. The predicted molar refractivity (Wildman–Crippen MR) is 58.8 cm³/mol. The third-order valence-electron chi connectivity index (χ3n) is 2.24. The van der Waals surface area contributed by atoms with Crippen molar-refractivity contribution in [3.8, 4) is 0 Å². The van der Waals surface area contributed by atoms with Gasteiger partial charge in [0.1, 0.15) is 11.9 Å². The van der Waals surface area contributed by atoms with E-state index in [2.05, 4.69) is 9.97 Å². The Labute approximate surface area is 92.2 Å². The van der Waals surface area contributed by atoms with Crippen molar-refractivity contribution >= 4 is 11.3 Å². The van der Waals surface area contributed by atoms with Crippen molar-refractivity contribution in [2.45, 2.75) is 26.5 Å². The zero-order valence-corrected chi connectivity index (χ0v) is 9.53. The van der Waals surface area contributed by atoms with Crippen molar-refractivity contribution in [2.75, 3.05) is 0 Å². The molecule has 0 fully saturated rings. The summed E-state index contributed by atoms with van der Waals surface area (Å²) in [7, 11) is 0. The molecular formula is C10H13N3OS. The molecule has 0 bridgehead atoms. The molecule has 80 valence electrons. The number of aliphatic hydroxyl groups excluding tert-OH is 1. The highest BCUT2D eigenvalue weighted by molar-refractivity contribution is 7.11. The Hall–Kier alpha value is -1.20. The van der Waals surface area contributed by atoms with Crippen LogP contribution in [0.4, 0.5) is 0 Å². The Morgan fingerprint density at radius 2 is 2.33 bits per heavy atom. The van der Waals surface area contributed by atoms with E-state index in [9.17, 15) is 5.11 Å². The fraction of sp³-hybridized carbons (Fsp3) is 0.400. The Bertz CT molecular complexity index is 449. The molecule has 2 aromatic rings. The van der Waals surface area contributed by atoms with E-state index < -0.39 is 6.10 Å². The van der Waals surface area contributed by atoms with E-state index in [1.54, 1.807) is 12.4 Å². The van der Waals surface area contributed by atoms with Gasteiger partial charge >= 0.3 is 0 Å². The lowest BCUT2D eigenvalue weighted by Gasteiger charge is -2.09. The summed E-state index contributed by atoms with van der Waals surface area (Å²) >= 11 is 1.50. The maximum absolute atomic E-state index is 10.1. The third kappa shape index (κ3) is 1.93. The molecule has 0 aliphatic carbocycles. The summed E-state index contributed by atoms with van der Waals surface area (Å²) in [5.41, 5.74) is 0. The van der Waals surface area contributed by atoms with Crippen LogP contribution in [0.2, 0.25) is 0 Å². The highest BCUT2D eigenvalue weighted by Gasteiger charge is 2.17. The van der Waals surface area contributed by atoms with E-state index in [-0.39, 0.29) is 0 Å². The van der Waals surface area contributed by atoms with Crippen molar-refractivity contribution in [1.29, 1.82) is 0 Å².